The lowest BCUT2D eigenvalue weighted by molar-refractivity contribution is -0.138. The Balaban J connectivity index is 1.54. The van der Waals surface area contributed by atoms with Gasteiger partial charge in [-0.2, -0.15) is 13.2 Å². The number of ether oxygens (including phenoxy) is 1. The highest BCUT2D eigenvalue weighted by Gasteiger charge is 2.38. The van der Waals surface area contributed by atoms with Crippen LogP contribution >= 0.6 is 0 Å². The van der Waals surface area contributed by atoms with E-state index < -0.39 is 11.7 Å². The van der Waals surface area contributed by atoms with Gasteiger partial charge < -0.3 is 25.2 Å². The van der Waals surface area contributed by atoms with Crippen LogP contribution in [-0.4, -0.2) is 79.0 Å². The Kier molecular flexibility index (Phi) is 9.17. The zero-order valence-corrected chi connectivity index (χ0v) is 23.3. The fourth-order valence-corrected chi connectivity index (χ4v) is 5.74. The predicted molar refractivity (Wildman–Crippen MR) is 145 cm³/mol. The molecule has 2 aromatic rings. The van der Waals surface area contributed by atoms with E-state index in [1.807, 2.05) is 0 Å². The molecule has 1 aliphatic carbocycles. The molecule has 1 saturated heterocycles. The zero-order valence-electron chi connectivity index (χ0n) is 23.3. The van der Waals surface area contributed by atoms with Crippen molar-refractivity contribution in [1.82, 2.24) is 25.1 Å². The minimum absolute atomic E-state index is 0.0120. The van der Waals surface area contributed by atoms with Crippen LogP contribution in [0.25, 0.3) is 0 Å². The molecule has 2 aliphatic rings. The maximum Gasteiger partial charge on any atom is 0.419 e. The molecule has 40 heavy (non-hydrogen) atoms. The molecule has 2 heterocycles. The van der Waals surface area contributed by atoms with Crippen molar-refractivity contribution in [2.24, 2.45) is 11.8 Å². The van der Waals surface area contributed by atoms with Crippen molar-refractivity contribution in [3.8, 4) is 5.75 Å². The molecule has 0 spiro atoms. The fourth-order valence-electron chi connectivity index (χ4n) is 5.74. The number of carbonyl (C=O) groups excluding carboxylic acids is 2. The van der Waals surface area contributed by atoms with Crippen LogP contribution in [0.5, 0.6) is 5.75 Å². The molecule has 2 N–H and O–H groups in total. The lowest BCUT2D eigenvalue weighted by Crippen LogP contribution is -2.44. The molecule has 1 aromatic heterocycles. The van der Waals surface area contributed by atoms with E-state index in [-0.39, 0.29) is 47.8 Å². The molecule has 218 valence electrons. The van der Waals surface area contributed by atoms with Gasteiger partial charge in [-0.1, -0.05) is 6.42 Å². The molecule has 2 atom stereocenters. The first-order valence-corrected chi connectivity index (χ1v) is 13.6. The van der Waals surface area contributed by atoms with Crippen molar-refractivity contribution >= 4 is 23.5 Å². The van der Waals surface area contributed by atoms with Crippen molar-refractivity contribution in [1.29, 1.82) is 0 Å². The number of rotatable bonds is 8. The summed E-state index contributed by atoms with van der Waals surface area (Å²) in [5.74, 6) is -0.585. The molecular weight excluding hydrogens is 525 g/mol. The van der Waals surface area contributed by atoms with E-state index >= 15 is 0 Å². The van der Waals surface area contributed by atoms with Crippen LogP contribution in [-0.2, 0) is 17.4 Å². The second-order valence-corrected chi connectivity index (χ2v) is 10.7. The highest BCUT2D eigenvalue weighted by atomic mass is 19.4. The van der Waals surface area contributed by atoms with E-state index in [1.165, 1.54) is 14.2 Å². The number of hydrogen-bond acceptors (Lipinski definition) is 7. The Morgan fingerprint density at radius 2 is 1.90 bits per heavy atom. The van der Waals surface area contributed by atoms with Crippen LogP contribution in [0.2, 0.25) is 0 Å². The number of aromatic nitrogens is 2. The highest BCUT2D eigenvalue weighted by molar-refractivity contribution is 5.97. The first-order chi connectivity index (χ1) is 19.0. The number of methoxy groups -OCH3 is 1. The zero-order chi connectivity index (χ0) is 29.0. The highest BCUT2D eigenvalue weighted by Crippen LogP contribution is 2.38. The Hall–Kier alpha value is -3.41. The number of amides is 2. The summed E-state index contributed by atoms with van der Waals surface area (Å²) in [6.45, 7) is 1.84. The average molecular weight is 563 g/mol. The predicted octanol–water partition coefficient (Wildman–Crippen LogP) is 4.12. The number of alkyl halides is 3. The van der Waals surface area contributed by atoms with E-state index in [1.54, 1.807) is 30.1 Å². The van der Waals surface area contributed by atoms with Gasteiger partial charge in [0.15, 0.2) is 0 Å². The number of nitrogens with one attached hydrogen (secondary N) is 2. The standard InChI is InChI=1S/C28H37F3N6O3/c1-32-25(38)20-7-5-6-17(20)14-23-22(28(29,30)31)16-33-27(35-23)34-18-8-9-21(24(15-18)40-4)26(39)37(3)19-10-12-36(2)13-11-19/h8-9,15-17,19-20H,5-7,10-14H2,1-4H3,(H,32,38)(H,33,34,35)/t17-,20-/m0/s1. The lowest BCUT2D eigenvalue weighted by atomic mass is 9.89. The fraction of sp³-hybridized carbons (Fsp3) is 0.571. The number of hydrogen-bond donors (Lipinski definition) is 2. The Morgan fingerprint density at radius 3 is 2.55 bits per heavy atom. The third-order valence-electron chi connectivity index (χ3n) is 8.12. The summed E-state index contributed by atoms with van der Waals surface area (Å²) < 4.78 is 46.9. The SMILES string of the molecule is CNC(=O)[C@H]1CCC[C@H]1Cc1nc(Nc2ccc(C(=O)N(C)C3CCN(C)CC3)c(OC)c2)ncc1C(F)(F)F. The summed E-state index contributed by atoms with van der Waals surface area (Å²) >= 11 is 0. The number of nitrogens with zero attached hydrogens (tertiary/aromatic N) is 4. The van der Waals surface area contributed by atoms with Gasteiger partial charge in [0.05, 0.1) is 23.9 Å². The van der Waals surface area contributed by atoms with Crippen LogP contribution in [0, 0.1) is 11.8 Å². The van der Waals surface area contributed by atoms with Crippen LogP contribution in [0.3, 0.4) is 0 Å². The van der Waals surface area contributed by atoms with Gasteiger partial charge in [0.25, 0.3) is 5.91 Å². The molecule has 1 saturated carbocycles. The monoisotopic (exact) mass is 562 g/mol. The van der Waals surface area contributed by atoms with Crippen molar-refractivity contribution in [3.63, 3.8) is 0 Å². The smallest absolute Gasteiger partial charge is 0.419 e. The van der Waals surface area contributed by atoms with Crippen LogP contribution in [0.15, 0.2) is 24.4 Å². The van der Waals surface area contributed by atoms with Crippen LogP contribution in [0.4, 0.5) is 24.8 Å². The minimum atomic E-state index is -4.63. The number of benzene rings is 1. The van der Waals surface area contributed by atoms with E-state index in [9.17, 15) is 22.8 Å². The average Bonchev–Trinajstić information content (AvgIpc) is 3.39. The Bertz CT molecular complexity index is 1220. The van der Waals surface area contributed by atoms with Gasteiger partial charge in [0.2, 0.25) is 11.9 Å². The van der Waals surface area contributed by atoms with E-state index in [4.69, 9.17) is 4.74 Å². The molecule has 9 nitrogen and oxygen atoms in total. The van der Waals surface area contributed by atoms with Gasteiger partial charge in [0, 0.05) is 44.0 Å². The maximum absolute atomic E-state index is 13.8. The molecular formula is C28H37F3N6O3. The normalized spacial score (nSPS) is 20.3. The van der Waals surface area contributed by atoms with Gasteiger partial charge in [-0.3, -0.25) is 9.59 Å². The van der Waals surface area contributed by atoms with Gasteiger partial charge in [-0.25, -0.2) is 9.97 Å². The summed E-state index contributed by atoms with van der Waals surface area (Å²) in [4.78, 5) is 37.7. The molecule has 0 radical (unpaired) electrons. The van der Waals surface area contributed by atoms with E-state index in [0.29, 0.717) is 29.8 Å². The van der Waals surface area contributed by atoms with Gasteiger partial charge >= 0.3 is 6.18 Å². The molecule has 0 bridgehead atoms. The minimum Gasteiger partial charge on any atom is -0.496 e. The molecule has 1 aromatic carbocycles. The molecule has 12 heteroatoms. The summed E-state index contributed by atoms with van der Waals surface area (Å²) in [5, 5.41) is 5.57. The second kappa shape index (κ2) is 12.4. The lowest BCUT2D eigenvalue weighted by Gasteiger charge is -2.35. The Morgan fingerprint density at radius 1 is 1.18 bits per heavy atom. The van der Waals surface area contributed by atoms with Crippen molar-refractivity contribution < 1.29 is 27.5 Å². The quantitative estimate of drug-likeness (QED) is 0.500. The van der Waals surface area contributed by atoms with Crippen molar-refractivity contribution in [2.75, 3.05) is 46.7 Å². The van der Waals surface area contributed by atoms with E-state index in [2.05, 4.69) is 32.5 Å². The van der Waals surface area contributed by atoms with Crippen LogP contribution < -0.4 is 15.4 Å². The topological polar surface area (TPSA) is 99.7 Å². The van der Waals surface area contributed by atoms with Gasteiger partial charge in [-0.15, -0.1) is 0 Å². The number of piperidine rings is 1. The van der Waals surface area contributed by atoms with Crippen LogP contribution in [0.1, 0.15) is 53.7 Å². The first kappa shape index (κ1) is 29.6. The van der Waals surface area contributed by atoms with Gasteiger partial charge in [0.1, 0.15) is 5.75 Å². The number of carbonyl (C=O) groups is 2. The van der Waals surface area contributed by atoms with E-state index in [0.717, 1.165) is 38.5 Å². The third-order valence-corrected chi connectivity index (χ3v) is 8.12. The summed E-state index contributed by atoms with van der Waals surface area (Å²) in [6.07, 6.45) is 0.0150. The Labute approximate surface area is 232 Å². The maximum atomic E-state index is 13.8. The third kappa shape index (κ3) is 6.65. The van der Waals surface area contributed by atoms with Crippen molar-refractivity contribution in [3.05, 3.63) is 41.2 Å². The molecule has 2 fully saturated rings. The largest absolute Gasteiger partial charge is 0.496 e. The summed E-state index contributed by atoms with van der Waals surface area (Å²) in [6, 6.07) is 5.02. The molecule has 2 amide bonds. The van der Waals surface area contributed by atoms with Gasteiger partial charge in [-0.05, 0) is 70.3 Å². The number of likely N-dealkylation sites (tertiary alicyclic amines) is 1. The molecule has 0 unspecified atom stereocenters. The van der Waals surface area contributed by atoms with Crippen molar-refractivity contribution in [2.45, 2.75) is 50.7 Å². The first-order valence-electron chi connectivity index (χ1n) is 13.6. The number of halogens is 3. The second-order valence-electron chi connectivity index (χ2n) is 10.7. The molecule has 4 rings (SSSR count). The molecule has 1 aliphatic heterocycles. The summed E-state index contributed by atoms with van der Waals surface area (Å²) in [5.41, 5.74) is -0.199. The summed E-state index contributed by atoms with van der Waals surface area (Å²) in [7, 11) is 6.85. The number of anilines is 2.